The molecule has 0 saturated heterocycles. The summed E-state index contributed by atoms with van der Waals surface area (Å²) in [6, 6.07) is 12.1. The predicted octanol–water partition coefficient (Wildman–Crippen LogP) is 4.28. The van der Waals surface area contributed by atoms with Gasteiger partial charge >= 0.3 is 12.0 Å². The Morgan fingerprint density at radius 3 is 2.30 bits per heavy atom. The molecule has 0 saturated carbocycles. The molecule has 2 N–H and O–H groups in total. The van der Waals surface area contributed by atoms with Crippen molar-refractivity contribution >= 4 is 35.2 Å². The maximum Gasteiger partial charge on any atom is 0.333 e. The quantitative estimate of drug-likeness (QED) is 0.280. The van der Waals surface area contributed by atoms with Crippen LogP contribution in [0.4, 0.5) is 4.79 Å². The van der Waals surface area contributed by atoms with Crippen LogP contribution in [0, 0.1) is 0 Å². The third-order valence-corrected chi connectivity index (χ3v) is 5.62. The van der Waals surface area contributed by atoms with Gasteiger partial charge in [0.2, 0.25) is 0 Å². The summed E-state index contributed by atoms with van der Waals surface area (Å²) in [4.78, 5) is 25.5. The fourth-order valence-corrected chi connectivity index (χ4v) is 3.95. The number of carbonyl (C=O) groups is 2. The van der Waals surface area contributed by atoms with Crippen molar-refractivity contribution in [2.45, 2.75) is 26.1 Å². The van der Waals surface area contributed by atoms with Gasteiger partial charge in [0.05, 0.1) is 26.4 Å². The lowest BCUT2D eigenvalue weighted by molar-refractivity contribution is -0.149. The number of urea groups is 1. The third kappa shape index (κ3) is 12.0. The van der Waals surface area contributed by atoms with Crippen LogP contribution in [0.3, 0.4) is 0 Å². The Hall–Kier alpha value is -2.56. The number of benzene rings is 2. The summed E-state index contributed by atoms with van der Waals surface area (Å²) in [5, 5.41) is 13.1. The highest BCUT2D eigenvalue weighted by Gasteiger charge is 2.18. The van der Waals surface area contributed by atoms with Gasteiger partial charge in [-0.15, -0.1) is 0 Å². The molecule has 2 rings (SSSR count). The summed E-state index contributed by atoms with van der Waals surface area (Å²) < 4.78 is 21.8. The zero-order valence-electron chi connectivity index (χ0n) is 21.1. The van der Waals surface area contributed by atoms with Crippen molar-refractivity contribution in [3.05, 3.63) is 63.6 Å². The highest BCUT2D eigenvalue weighted by Crippen LogP contribution is 2.19. The van der Waals surface area contributed by atoms with Crippen LogP contribution in [-0.2, 0) is 32.0 Å². The lowest BCUT2D eigenvalue weighted by Crippen LogP contribution is -2.44. The monoisotopic (exact) mass is 556 g/mol. The molecule has 1 unspecified atom stereocenters. The smallest absolute Gasteiger partial charge is 0.333 e. The number of hydrogen-bond acceptors (Lipinski definition) is 6. The molecule has 0 heterocycles. The second-order valence-electron chi connectivity index (χ2n) is 8.02. The van der Waals surface area contributed by atoms with E-state index in [0.29, 0.717) is 61.9 Å². The molecule has 0 spiro atoms. The molecule has 1 atom stereocenters. The molecule has 0 aliphatic heterocycles. The van der Waals surface area contributed by atoms with E-state index in [-0.39, 0.29) is 19.1 Å². The number of amides is 2. The lowest BCUT2D eigenvalue weighted by Gasteiger charge is -2.23. The third-order valence-electron chi connectivity index (χ3n) is 5.18. The Morgan fingerprint density at radius 1 is 1.00 bits per heavy atom. The summed E-state index contributed by atoms with van der Waals surface area (Å²) in [6.07, 6.45) is -0.625. The maximum atomic E-state index is 12.6. The summed E-state index contributed by atoms with van der Waals surface area (Å²) in [7, 11) is 1.57. The molecule has 0 radical (unpaired) electrons. The van der Waals surface area contributed by atoms with Gasteiger partial charge in [0.25, 0.3) is 0 Å². The Kier molecular flexibility index (Phi) is 14.1. The topological polar surface area (TPSA) is 107 Å². The molecule has 11 heteroatoms. The fraction of sp³-hybridized carbons (Fsp3) is 0.462. The molecule has 204 valence electrons. The molecule has 0 fully saturated rings. The van der Waals surface area contributed by atoms with Crippen molar-refractivity contribution in [3.8, 4) is 5.75 Å². The van der Waals surface area contributed by atoms with Gasteiger partial charge in [-0.25, -0.2) is 9.59 Å². The molecule has 9 nitrogen and oxygen atoms in total. The Labute approximate surface area is 227 Å². The molecule has 0 aliphatic carbocycles. The number of ether oxygens (including phenoxy) is 4. The van der Waals surface area contributed by atoms with Gasteiger partial charge in [0.1, 0.15) is 12.4 Å². The molecular formula is C26H34Cl2N2O7. The number of hydrogen-bond donors (Lipinski definition) is 2. The van der Waals surface area contributed by atoms with Crippen LogP contribution >= 0.6 is 23.2 Å². The molecule has 0 aromatic heterocycles. The minimum absolute atomic E-state index is 0.249. The van der Waals surface area contributed by atoms with Crippen LogP contribution < -0.4 is 10.1 Å². The number of methoxy groups -OCH3 is 1. The van der Waals surface area contributed by atoms with Gasteiger partial charge in [0.15, 0.2) is 6.10 Å². The minimum atomic E-state index is -0.994. The number of nitrogens with one attached hydrogen (secondary N) is 1. The van der Waals surface area contributed by atoms with E-state index in [2.05, 4.69) is 5.32 Å². The van der Waals surface area contributed by atoms with E-state index >= 15 is 0 Å². The highest BCUT2D eigenvalue weighted by molar-refractivity contribution is 6.34. The van der Waals surface area contributed by atoms with Crippen molar-refractivity contribution in [1.29, 1.82) is 0 Å². The normalized spacial score (nSPS) is 11.7. The van der Waals surface area contributed by atoms with E-state index in [4.69, 9.17) is 42.1 Å². The zero-order chi connectivity index (χ0) is 27.0. The van der Waals surface area contributed by atoms with Crippen LogP contribution in [0.25, 0.3) is 0 Å². The van der Waals surface area contributed by atoms with Crippen molar-refractivity contribution in [2.75, 3.05) is 53.2 Å². The zero-order valence-corrected chi connectivity index (χ0v) is 22.6. The van der Waals surface area contributed by atoms with Crippen molar-refractivity contribution in [1.82, 2.24) is 10.2 Å². The van der Waals surface area contributed by atoms with Crippen molar-refractivity contribution in [3.63, 3.8) is 0 Å². The first-order valence-electron chi connectivity index (χ1n) is 11.9. The number of nitrogens with zero attached hydrogens (tertiary/aromatic N) is 1. The first kappa shape index (κ1) is 30.7. The molecule has 2 aromatic carbocycles. The number of carbonyl (C=O) groups excluding carboxylic acids is 1. The van der Waals surface area contributed by atoms with Gasteiger partial charge in [-0.1, -0.05) is 35.3 Å². The minimum Gasteiger partial charge on any atom is -0.492 e. The van der Waals surface area contributed by atoms with Gasteiger partial charge in [-0.3, -0.25) is 0 Å². The number of carboxylic acids is 1. The van der Waals surface area contributed by atoms with Crippen molar-refractivity contribution < 1.29 is 33.6 Å². The number of halogens is 2. The summed E-state index contributed by atoms with van der Waals surface area (Å²) in [5.74, 6) is -0.382. The lowest BCUT2D eigenvalue weighted by atomic mass is 10.1. The molecule has 0 aliphatic rings. The second kappa shape index (κ2) is 17.0. The number of carboxylic acid groups (broad SMARTS) is 1. The number of aliphatic carboxylic acids is 1. The summed E-state index contributed by atoms with van der Waals surface area (Å²) in [6.45, 7) is 4.44. The first-order valence-corrected chi connectivity index (χ1v) is 12.7. The van der Waals surface area contributed by atoms with Gasteiger partial charge in [-0.05, 0) is 48.4 Å². The largest absolute Gasteiger partial charge is 0.492 e. The molecule has 2 amide bonds. The van der Waals surface area contributed by atoms with E-state index in [1.165, 1.54) is 0 Å². The molecule has 0 bridgehead atoms. The fourth-order valence-electron chi connectivity index (χ4n) is 3.37. The van der Waals surface area contributed by atoms with Crippen LogP contribution in [-0.4, -0.2) is 81.3 Å². The van der Waals surface area contributed by atoms with Crippen LogP contribution in [0.1, 0.15) is 18.1 Å². The average Bonchev–Trinajstić information content (AvgIpc) is 2.85. The van der Waals surface area contributed by atoms with Gasteiger partial charge < -0.3 is 34.3 Å². The Balaban J connectivity index is 1.85. The van der Waals surface area contributed by atoms with E-state index in [0.717, 1.165) is 11.1 Å². The van der Waals surface area contributed by atoms with Gasteiger partial charge in [0, 0.05) is 43.3 Å². The maximum absolute atomic E-state index is 12.6. The predicted molar refractivity (Wildman–Crippen MR) is 142 cm³/mol. The Bertz CT molecular complexity index is 956. The molecule has 37 heavy (non-hydrogen) atoms. The average molecular weight is 557 g/mol. The summed E-state index contributed by atoms with van der Waals surface area (Å²) >= 11 is 12.0. The summed E-state index contributed by atoms with van der Waals surface area (Å²) in [5.41, 5.74) is 1.67. The number of rotatable bonds is 17. The van der Waals surface area contributed by atoms with Crippen LogP contribution in [0.5, 0.6) is 5.75 Å². The van der Waals surface area contributed by atoms with Crippen molar-refractivity contribution in [2.24, 2.45) is 0 Å². The SMILES string of the molecule is CCOC(Cc1ccc(OCCN(CCOCc2cc(Cl)cc(Cl)c2)C(=O)NCCOC)cc1)C(=O)O. The van der Waals surface area contributed by atoms with E-state index in [1.807, 2.05) is 0 Å². The van der Waals surface area contributed by atoms with Crippen LogP contribution in [0.15, 0.2) is 42.5 Å². The molecular weight excluding hydrogens is 523 g/mol. The van der Waals surface area contributed by atoms with E-state index < -0.39 is 12.1 Å². The van der Waals surface area contributed by atoms with E-state index in [1.54, 1.807) is 61.4 Å². The standard InChI is InChI=1S/C26H34Cl2N2O7/c1-3-36-24(25(31)32)16-19-4-6-23(7-5-19)37-13-10-30(26(33)29-8-11-34-2)9-12-35-18-20-14-21(27)17-22(28)15-20/h4-7,14-15,17,24H,3,8-13,16,18H2,1-2H3,(H,29,33)(H,31,32). The van der Waals surface area contributed by atoms with Crippen LogP contribution in [0.2, 0.25) is 10.0 Å². The second-order valence-corrected chi connectivity index (χ2v) is 8.89. The van der Waals surface area contributed by atoms with Gasteiger partial charge in [-0.2, -0.15) is 0 Å². The van der Waals surface area contributed by atoms with E-state index in [9.17, 15) is 14.7 Å². The molecule has 2 aromatic rings. The first-order chi connectivity index (χ1) is 17.8. The highest BCUT2D eigenvalue weighted by atomic mass is 35.5. The Morgan fingerprint density at radius 2 is 1.68 bits per heavy atom.